The first-order valence-corrected chi connectivity index (χ1v) is 7.12. The standard InChI is InChI=1S/C16H21N3O2/c1-4-14-12(2)16(19(3)18-14)17-15(20)10-11-21-13-8-6-5-7-9-13/h5-9H,4,10-11H2,1-3H3,(H,17,20). The van der Waals surface area contributed by atoms with Crippen LogP contribution in [0, 0.1) is 6.92 Å². The van der Waals surface area contributed by atoms with Gasteiger partial charge in [0.25, 0.3) is 0 Å². The Kier molecular flexibility index (Phi) is 4.98. The van der Waals surface area contributed by atoms with E-state index < -0.39 is 0 Å². The highest BCUT2D eigenvalue weighted by Gasteiger charge is 2.13. The van der Waals surface area contributed by atoms with Gasteiger partial charge >= 0.3 is 0 Å². The van der Waals surface area contributed by atoms with Gasteiger partial charge in [0.2, 0.25) is 5.91 Å². The Balaban J connectivity index is 1.86. The predicted octanol–water partition coefficient (Wildman–Crippen LogP) is 2.70. The number of carbonyl (C=O) groups excluding carboxylic acids is 1. The molecule has 1 amide bonds. The van der Waals surface area contributed by atoms with Crippen LogP contribution in [0.5, 0.6) is 5.75 Å². The van der Waals surface area contributed by atoms with Crippen molar-refractivity contribution >= 4 is 11.7 Å². The molecule has 0 radical (unpaired) electrons. The molecule has 0 spiro atoms. The lowest BCUT2D eigenvalue weighted by atomic mass is 10.2. The summed E-state index contributed by atoms with van der Waals surface area (Å²) in [6.45, 7) is 4.38. The van der Waals surface area contributed by atoms with Gasteiger partial charge in [0, 0.05) is 12.6 Å². The first kappa shape index (κ1) is 15.1. The lowest BCUT2D eigenvalue weighted by Gasteiger charge is -2.08. The van der Waals surface area contributed by atoms with Crippen molar-refractivity contribution < 1.29 is 9.53 Å². The van der Waals surface area contributed by atoms with Crippen LogP contribution in [0.2, 0.25) is 0 Å². The second kappa shape index (κ2) is 6.92. The van der Waals surface area contributed by atoms with Crippen LogP contribution in [-0.4, -0.2) is 22.3 Å². The Morgan fingerprint density at radius 1 is 1.33 bits per heavy atom. The number of hydrogen-bond acceptors (Lipinski definition) is 3. The van der Waals surface area contributed by atoms with Crippen LogP contribution in [0.1, 0.15) is 24.6 Å². The van der Waals surface area contributed by atoms with Gasteiger partial charge in [-0.25, -0.2) is 0 Å². The van der Waals surface area contributed by atoms with Gasteiger partial charge in [0.15, 0.2) is 0 Å². The molecule has 1 aromatic carbocycles. The van der Waals surface area contributed by atoms with Crippen molar-refractivity contribution in [3.05, 3.63) is 41.6 Å². The summed E-state index contributed by atoms with van der Waals surface area (Å²) in [5.74, 6) is 1.46. The van der Waals surface area contributed by atoms with Gasteiger partial charge in [-0.3, -0.25) is 9.48 Å². The molecule has 1 aromatic heterocycles. The van der Waals surface area contributed by atoms with Crippen LogP contribution in [0.3, 0.4) is 0 Å². The van der Waals surface area contributed by atoms with Crippen molar-refractivity contribution in [3.63, 3.8) is 0 Å². The molecule has 2 rings (SSSR count). The van der Waals surface area contributed by atoms with Crippen LogP contribution < -0.4 is 10.1 Å². The van der Waals surface area contributed by atoms with Crippen molar-refractivity contribution in [1.29, 1.82) is 0 Å². The normalized spacial score (nSPS) is 10.4. The Labute approximate surface area is 124 Å². The first-order chi connectivity index (χ1) is 10.1. The van der Waals surface area contributed by atoms with Gasteiger partial charge in [-0.05, 0) is 25.5 Å². The number of aromatic nitrogens is 2. The number of hydrogen-bond donors (Lipinski definition) is 1. The van der Waals surface area contributed by atoms with Crippen molar-refractivity contribution in [2.45, 2.75) is 26.7 Å². The van der Waals surface area contributed by atoms with E-state index in [1.165, 1.54) is 0 Å². The number of aryl methyl sites for hydroxylation is 2. The molecular weight excluding hydrogens is 266 g/mol. The zero-order valence-corrected chi connectivity index (χ0v) is 12.7. The van der Waals surface area contributed by atoms with Crippen molar-refractivity contribution in [1.82, 2.24) is 9.78 Å². The molecule has 1 heterocycles. The van der Waals surface area contributed by atoms with E-state index in [1.54, 1.807) is 4.68 Å². The molecule has 2 aromatic rings. The molecule has 0 aliphatic heterocycles. The third kappa shape index (κ3) is 3.84. The summed E-state index contributed by atoms with van der Waals surface area (Å²) in [4.78, 5) is 12.0. The Bertz CT molecular complexity index is 605. The molecule has 0 bridgehead atoms. The minimum atomic E-state index is -0.0697. The fourth-order valence-corrected chi connectivity index (χ4v) is 2.17. The average molecular weight is 287 g/mol. The smallest absolute Gasteiger partial charge is 0.228 e. The quantitative estimate of drug-likeness (QED) is 0.888. The van der Waals surface area contributed by atoms with E-state index in [9.17, 15) is 4.79 Å². The van der Waals surface area contributed by atoms with Gasteiger partial charge in [0.05, 0.1) is 18.7 Å². The second-order valence-corrected chi connectivity index (χ2v) is 4.86. The molecule has 0 aliphatic rings. The maximum atomic E-state index is 12.0. The van der Waals surface area contributed by atoms with Gasteiger partial charge in [-0.2, -0.15) is 5.10 Å². The summed E-state index contributed by atoms with van der Waals surface area (Å²) in [5.41, 5.74) is 2.03. The maximum absolute atomic E-state index is 12.0. The molecule has 21 heavy (non-hydrogen) atoms. The topological polar surface area (TPSA) is 56.2 Å². The number of ether oxygens (including phenoxy) is 1. The number of amides is 1. The molecule has 1 N–H and O–H groups in total. The summed E-state index contributed by atoms with van der Waals surface area (Å²) in [6.07, 6.45) is 1.16. The SMILES string of the molecule is CCc1nn(C)c(NC(=O)CCOc2ccccc2)c1C. The zero-order chi connectivity index (χ0) is 15.2. The van der Waals surface area contributed by atoms with Crippen LogP contribution in [0.15, 0.2) is 30.3 Å². The molecular formula is C16H21N3O2. The van der Waals surface area contributed by atoms with Crippen LogP contribution in [0.25, 0.3) is 0 Å². The summed E-state index contributed by atoms with van der Waals surface area (Å²) >= 11 is 0. The van der Waals surface area contributed by atoms with Crippen LogP contribution in [0.4, 0.5) is 5.82 Å². The first-order valence-electron chi connectivity index (χ1n) is 7.12. The van der Waals surface area contributed by atoms with E-state index >= 15 is 0 Å². The van der Waals surface area contributed by atoms with Crippen molar-refractivity contribution in [2.75, 3.05) is 11.9 Å². The van der Waals surface area contributed by atoms with E-state index in [-0.39, 0.29) is 5.91 Å². The van der Waals surface area contributed by atoms with E-state index in [4.69, 9.17) is 4.74 Å². The minimum absolute atomic E-state index is 0.0697. The minimum Gasteiger partial charge on any atom is -0.493 e. The largest absolute Gasteiger partial charge is 0.493 e. The number of nitrogens with one attached hydrogen (secondary N) is 1. The fraction of sp³-hybridized carbons (Fsp3) is 0.375. The highest BCUT2D eigenvalue weighted by atomic mass is 16.5. The van der Waals surface area contributed by atoms with Gasteiger partial charge in [0.1, 0.15) is 11.6 Å². The molecule has 0 saturated heterocycles. The van der Waals surface area contributed by atoms with E-state index in [2.05, 4.69) is 17.3 Å². The number of anilines is 1. The summed E-state index contributed by atoms with van der Waals surface area (Å²) in [5, 5.41) is 7.28. The molecule has 0 unspecified atom stereocenters. The third-order valence-corrected chi connectivity index (χ3v) is 3.32. The molecule has 0 saturated carbocycles. The monoisotopic (exact) mass is 287 g/mol. The Morgan fingerprint density at radius 2 is 2.05 bits per heavy atom. The Hall–Kier alpha value is -2.30. The molecule has 112 valence electrons. The molecule has 0 aliphatic carbocycles. The summed E-state index contributed by atoms with van der Waals surface area (Å²) < 4.78 is 7.23. The molecule has 0 fully saturated rings. The van der Waals surface area contributed by atoms with Gasteiger partial charge in [-0.15, -0.1) is 0 Å². The predicted molar refractivity (Wildman–Crippen MR) is 82.5 cm³/mol. The maximum Gasteiger partial charge on any atom is 0.228 e. The number of nitrogens with zero attached hydrogens (tertiary/aromatic N) is 2. The van der Waals surface area contributed by atoms with E-state index in [1.807, 2.05) is 44.3 Å². The highest BCUT2D eigenvalue weighted by molar-refractivity contribution is 5.90. The number of carbonyl (C=O) groups is 1. The molecule has 5 nitrogen and oxygen atoms in total. The highest BCUT2D eigenvalue weighted by Crippen LogP contribution is 2.18. The Morgan fingerprint density at radius 3 is 2.67 bits per heavy atom. The fourth-order valence-electron chi connectivity index (χ4n) is 2.17. The zero-order valence-electron chi connectivity index (χ0n) is 12.7. The van der Waals surface area contributed by atoms with Crippen LogP contribution in [-0.2, 0) is 18.3 Å². The lowest BCUT2D eigenvalue weighted by molar-refractivity contribution is -0.116. The van der Waals surface area contributed by atoms with Gasteiger partial charge in [-0.1, -0.05) is 25.1 Å². The van der Waals surface area contributed by atoms with E-state index in [0.29, 0.717) is 13.0 Å². The molecule has 0 atom stereocenters. The van der Waals surface area contributed by atoms with Crippen molar-refractivity contribution in [3.8, 4) is 5.75 Å². The molecule has 5 heteroatoms. The number of para-hydroxylation sites is 1. The van der Waals surface area contributed by atoms with Crippen molar-refractivity contribution in [2.24, 2.45) is 7.05 Å². The third-order valence-electron chi connectivity index (χ3n) is 3.32. The van der Waals surface area contributed by atoms with E-state index in [0.717, 1.165) is 29.2 Å². The summed E-state index contributed by atoms with van der Waals surface area (Å²) in [6, 6.07) is 9.48. The average Bonchev–Trinajstić information content (AvgIpc) is 2.76. The summed E-state index contributed by atoms with van der Waals surface area (Å²) in [7, 11) is 1.84. The van der Waals surface area contributed by atoms with Crippen LogP contribution >= 0.6 is 0 Å². The van der Waals surface area contributed by atoms with Gasteiger partial charge < -0.3 is 10.1 Å². The second-order valence-electron chi connectivity index (χ2n) is 4.86. The number of rotatable bonds is 6. The lowest BCUT2D eigenvalue weighted by Crippen LogP contribution is -2.17. The number of benzene rings is 1.